The quantitative estimate of drug-likeness (QED) is 0.867. The Bertz CT molecular complexity index is 563. The monoisotopic (exact) mass is 244 g/mol. The van der Waals surface area contributed by atoms with Crippen molar-refractivity contribution in [3.05, 3.63) is 59.7 Å². The average Bonchev–Trinajstić information content (AvgIpc) is 2.37. The zero-order chi connectivity index (χ0) is 13.0. The molecule has 0 fully saturated rings. The molecule has 2 N–H and O–H groups in total. The number of carboxylic acid groups (broad SMARTS) is 1. The Labute approximate surface area is 104 Å². The van der Waals surface area contributed by atoms with Crippen LogP contribution in [0.5, 0.6) is 11.5 Å². The number of aromatic hydroxyl groups is 1. The van der Waals surface area contributed by atoms with Crippen molar-refractivity contribution >= 4 is 5.97 Å². The van der Waals surface area contributed by atoms with Gasteiger partial charge in [0.15, 0.2) is 0 Å². The highest BCUT2D eigenvalue weighted by Crippen LogP contribution is 2.19. The average molecular weight is 244 g/mol. The standard InChI is InChI=1S/C14H12O4/c15-11-5-3-6-12(8-11)18-9-10-4-1-2-7-13(10)14(16)17/h1-8,15H,9H2,(H,16,17). The normalized spacial score (nSPS) is 10.0. The Hall–Kier alpha value is -2.49. The molecule has 18 heavy (non-hydrogen) atoms. The zero-order valence-corrected chi connectivity index (χ0v) is 9.54. The summed E-state index contributed by atoms with van der Waals surface area (Å²) in [5, 5.41) is 18.3. The number of ether oxygens (including phenoxy) is 1. The molecule has 2 aromatic carbocycles. The minimum Gasteiger partial charge on any atom is -0.508 e. The molecule has 0 saturated carbocycles. The summed E-state index contributed by atoms with van der Waals surface area (Å²) in [6.07, 6.45) is 0. The van der Waals surface area contributed by atoms with Gasteiger partial charge in [-0.25, -0.2) is 4.79 Å². The minimum atomic E-state index is -0.981. The smallest absolute Gasteiger partial charge is 0.336 e. The van der Waals surface area contributed by atoms with Crippen LogP contribution in [0.15, 0.2) is 48.5 Å². The number of hydrogen-bond donors (Lipinski definition) is 2. The largest absolute Gasteiger partial charge is 0.508 e. The van der Waals surface area contributed by atoms with Crippen LogP contribution in [0, 0.1) is 0 Å². The Balaban J connectivity index is 2.13. The van der Waals surface area contributed by atoms with Crippen molar-refractivity contribution < 1.29 is 19.7 Å². The third-order valence-corrected chi connectivity index (χ3v) is 2.46. The number of carbonyl (C=O) groups is 1. The van der Waals surface area contributed by atoms with Crippen LogP contribution in [0.4, 0.5) is 0 Å². The molecular weight excluding hydrogens is 232 g/mol. The molecule has 0 aliphatic heterocycles. The van der Waals surface area contributed by atoms with Crippen molar-refractivity contribution in [1.29, 1.82) is 0 Å². The van der Waals surface area contributed by atoms with E-state index < -0.39 is 5.97 Å². The van der Waals surface area contributed by atoms with Crippen molar-refractivity contribution in [2.45, 2.75) is 6.61 Å². The number of phenols is 1. The molecule has 0 spiro atoms. The fraction of sp³-hybridized carbons (Fsp3) is 0.0714. The summed E-state index contributed by atoms with van der Waals surface area (Å²) >= 11 is 0. The number of aromatic carboxylic acids is 1. The van der Waals surface area contributed by atoms with Crippen LogP contribution >= 0.6 is 0 Å². The van der Waals surface area contributed by atoms with E-state index in [1.165, 1.54) is 18.2 Å². The van der Waals surface area contributed by atoms with Gasteiger partial charge in [0.1, 0.15) is 18.1 Å². The highest BCUT2D eigenvalue weighted by molar-refractivity contribution is 5.89. The van der Waals surface area contributed by atoms with Crippen LogP contribution < -0.4 is 4.74 Å². The van der Waals surface area contributed by atoms with Gasteiger partial charge in [-0.05, 0) is 18.2 Å². The van der Waals surface area contributed by atoms with E-state index in [4.69, 9.17) is 9.84 Å². The van der Waals surface area contributed by atoms with Gasteiger partial charge in [0, 0.05) is 11.6 Å². The van der Waals surface area contributed by atoms with Gasteiger partial charge in [0.05, 0.1) is 5.56 Å². The van der Waals surface area contributed by atoms with Crippen molar-refractivity contribution in [3.8, 4) is 11.5 Å². The van der Waals surface area contributed by atoms with E-state index in [1.807, 2.05) is 0 Å². The van der Waals surface area contributed by atoms with E-state index in [9.17, 15) is 9.90 Å². The Kier molecular flexibility index (Phi) is 3.48. The zero-order valence-electron chi connectivity index (χ0n) is 9.54. The molecule has 0 radical (unpaired) electrons. The van der Waals surface area contributed by atoms with Gasteiger partial charge < -0.3 is 14.9 Å². The highest BCUT2D eigenvalue weighted by atomic mass is 16.5. The predicted octanol–water partition coefficient (Wildman–Crippen LogP) is 2.67. The van der Waals surface area contributed by atoms with Crippen LogP contribution in [-0.4, -0.2) is 16.2 Å². The molecule has 4 nitrogen and oxygen atoms in total. The fourth-order valence-corrected chi connectivity index (χ4v) is 1.59. The molecule has 0 unspecified atom stereocenters. The topological polar surface area (TPSA) is 66.8 Å². The van der Waals surface area contributed by atoms with Gasteiger partial charge in [-0.3, -0.25) is 0 Å². The molecule has 0 heterocycles. The van der Waals surface area contributed by atoms with Crippen molar-refractivity contribution in [3.63, 3.8) is 0 Å². The number of hydrogen-bond acceptors (Lipinski definition) is 3. The summed E-state index contributed by atoms with van der Waals surface area (Å²) in [6, 6.07) is 13.0. The summed E-state index contributed by atoms with van der Waals surface area (Å²) in [5.41, 5.74) is 0.811. The summed E-state index contributed by atoms with van der Waals surface area (Å²) < 4.78 is 5.44. The molecule has 0 saturated heterocycles. The summed E-state index contributed by atoms with van der Waals surface area (Å²) in [6.45, 7) is 0.145. The predicted molar refractivity (Wildman–Crippen MR) is 65.8 cm³/mol. The Morgan fingerprint density at radius 2 is 1.89 bits per heavy atom. The van der Waals surface area contributed by atoms with Gasteiger partial charge in [0.25, 0.3) is 0 Å². The molecular formula is C14H12O4. The first-order chi connectivity index (χ1) is 8.66. The number of rotatable bonds is 4. The first kappa shape index (κ1) is 12.0. The third kappa shape index (κ3) is 2.79. The van der Waals surface area contributed by atoms with E-state index >= 15 is 0 Å². The molecule has 0 aromatic heterocycles. The first-order valence-electron chi connectivity index (χ1n) is 5.40. The minimum absolute atomic E-state index is 0.110. The van der Waals surface area contributed by atoms with E-state index in [0.29, 0.717) is 11.3 Å². The number of phenolic OH excluding ortho intramolecular Hbond substituents is 1. The number of benzene rings is 2. The molecule has 0 aliphatic carbocycles. The second kappa shape index (κ2) is 5.23. The van der Waals surface area contributed by atoms with Crippen LogP contribution in [0.1, 0.15) is 15.9 Å². The molecule has 0 bridgehead atoms. The number of carboxylic acids is 1. The maximum absolute atomic E-state index is 11.0. The first-order valence-corrected chi connectivity index (χ1v) is 5.40. The summed E-state index contributed by atoms with van der Waals surface area (Å²) in [5.74, 6) is -0.376. The molecule has 0 atom stereocenters. The van der Waals surface area contributed by atoms with Crippen molar-refractivity contribution in [2.75, 3.05) is 0 Å². The second-order valence-electron chi connectivity index (χ2n) is 3.75. The SMILES string of the molecule is O=C(O)c1ccccc1COc1cccc(O)c1. The fourth-order valence-electron chi connectivity index (χ4n) is 1.59. The third-order valence-electron chi connectivity index (χ3n) is 2.46. The van der Waals surface area contributed by atoms with Crippen molar-refractivity contribution in [2.24, 2.45) is 0 Å². The molecule has 92 valence electrons. The van der Waals surface area contributed by atoms with Crippen LogP contribution in [-0.2, 0) is 6.61 Å². The van der Waals surface area contributed by atoms with Crippen LogP contribution in [0.3, 0.4) is 0 Å². The van der Waals surface area contributed by atoms with E-state index in [2.05, 4.69) is 0 Å². The lowest BCUT2D eigenvalue weighted by Gasteiger charge is -2.08. The Morgan fingerprint density at radius 1 is 1.11 bits per heavy atom. The molecule has 4 heteroatoms. The molecule has 2 aromatic rings. The van der Waals surface area contributed by atoms with Gasteiger partial charge in [-0.15, -0.1) is 0 Å². The Morgan fingerprint density at radius 3 is 2.61 bits per heavy atom. The maximum atomic E-state index is 11.0. The van der Waals surface area contributed by atoms with E-state index in [0.717, 1.165) is 0 Å². The van der Waals surface area contributed by atoms with Gasteiger partial charge >= 0.3 is 5.97 Å². The maximum Gasteiger partial charge on any atom is 0.336 e. The van der Waals surface area contributed by atoms with E-state index in [1.54, 1.807) is 30.3 Å². The lowest BCUT2D eigenvalue weighted by molar-refractivity contribution is 0.0694. The van der Waals surface area contributed by atoms with Gasteiger partial charge in [-0.1, -0.05) is 24.3 Å². The van der Waals surface area contributed by atoms with Crippen molar-refractivity contribution in [1.82, 2.24) is 0 Å². The van der Waals surface area contributed by atoms with E-state index in [-0.39, 0.29) is 17.9 Å². The lowest BCUT2D eigenvalue weighted by atomic mass is 10.1. The van der Waals surface area contributed by atoms with Gasteiger partial charge in [-0.2, -0.15) is 0 Å². The summed E-state index contributed by atoms with van der Waals surface area (Å²) in [7, 11) is 0. The van der Waals surface area contributed by atoms with Gasteiger partial charge in [0.2, 0.25) is 0 Å². The summed E-state index contributed by atoms with van der Waals surface area (Å²) in [4.78, 5) is 11.0. The van der Waals surface area contributed by atoms with Crippen LogP contribution in [0.25, 0.3) is 0 Å². The molecule has 0 amide bonds. The lowest BCUT2D eigenvalue weighted by Crippen LogP contribution is -2.05. The van der Waals surface area contributed by atoms with Crippen LogP contribution in [0.2, 0.25) is 0 Å². The molecule has 0 aliphatic rings. The highest BCUT2D eigenvalue weighted by Gasteiger charge is 2.09. The molecule has 2 rings (SSSR count). The second-order valence-corrected chi connectivity index (χ2v) is 3.75.